The number of rotatable bonds is 7. The summed E-state index contributed by atoms with van der Waals surface area (Å²) in [7, 11) is 1.94. The van der Waals surface area contributed by atoms with Crippen LogP contribution in [-0.4, -0.2) is 42.5 Å². The summed E-state index contributed by atoms with van der Waals surface area (Å²) in [6.07, 6.45) is 2.97. The predicted octanol–water partition coefficient (Wildman–Crippen LogP) is 0.670. The quantitative estimate of drug-likeness (QED) is 0.575. The molecule has 0 atom stereocenters. The second-order valence-corrected chi connectivity index (χ2v) is 3.22. The summed E-state index contributed by atoms with van der Waals surface area (Å²) in [6, 6.07) is 0. The van der Waals surface area contributed by atoms with E-state index in [1.54, 1.807) is 6.92 Å². The Bertz CT molecular complexity index is 126. The fourth-order valence-electron chi connectivity index (χ4n) is 1.13. The number of hydrogen-bond donors (Lipinski definition) is 1. The molecule has 0 rings (SSSR count). The number of Topliss-reactive ketones (excluding diaryl/α,β-unsaturated/α-hetero) is 1. The number of hydrogen-bond acceptors (Lipinski definition) is 3. The Kier molecular flexibility index (Phi) is 7.00. The molecule has 1 N–H and O–H groups in total. The first-order valence-electron chi connectivity index (χ1n) is 4.45. The van der Waals surface area contributed by atoms with E-state index in [1.165, 1.54) is 0 Å². The summed E-state index contributed by atoms with van der Waals surface area (Å²) >= 11 is 0. The molecule has 0 heterocycles. The number of likely N-dealkylation sites (N-methyl/N-ethyl adjacent to an activating group) is 1. The lowest BCUT2D eigenvalue weighted by atomic mass is 10.2. The number of ketones is 1. The number of aliphatic hydroxyl groups excluding tert-OH is 1. The molecule has 3 heteroatoms. The molecule has 0 aromatic carbocycles. The van der Waals surface area contributed by atoms with Crippen molar-refractivity contribution in [3.8, 4) is 0 Å². The van der Waals surface area contributed by atoms with Gasteiger partial charge in [0, 0.05) is 6.61 Å². The topological polar surface area (TPSA) is 40.5 Å². The van der Waals surface area contributed by atoms with Gasteiger partial charge in [-0.15, -0.1) is 0 Å². The summed E-state index contributed by atoms with van der Waals surface area (Å²) in [6.45, 7) is 3.36. The molecule has 0 spiro atoms. The minimum atomic E-state index is 0.208. The number of carbonyl (C=O) groups excluding carboxylic acids is 1. The Morgan fingerprint density at radius 1 is 1.33 bits per heavy atom. The van der Waals surface area contributed by atoms with Gasteiger partial charge in [0.1, 0.15) is 5.78 Å². The maximum atomic E-state index is 10.7. The first kappa shape index (κ1) is 11.6. The average molecular weight is 173 g/mol. The van der Waals surface area contributed by atoms with Crippen molar-refractivity contribution in [1.82, 2.24) is 4.90 Å². The summed E-state index contributed by atoms with van der Waals surface area (Å²) in [5.74, 6) is 0.208. The molecule has 0 saturated heterocycles. The van der Waals surface area contributed by atoms with E-state index in [1.807, 2.05) is 11.9 Å². The molecular weight excluding hydrogens is 154 g/mol. The second kappa shape index (κ2) is 7.25. The highest BCUT2D eigenvalue weighted by molar-refractivity contribution is 5.77. The van der Waals surface area contributed by atoms with E-state index in [9.17, 15) is 4.79 Å². The molecule has 72 valence electrons. The lowest BCUT2D eigenvalue weighted by Gasteiger charge is -2.13. The maximum Gasteiger partial charge on any atom is 0.143 e. The molecule has 0 bridgehead atoms. The van der Waals surface area contributed by atoms with Gasteiger partial charge in [0.15, 0.2) is 0 Å². The van der Waals surface area contributed by atoms with E-state index < -0.39 is 0 Å². The normalized spacial score (nSPS) is 10.7. The SMILES string of the molecule is CC(=O)CN(C)CCCCCO. The van der Waals surface area contributed by atoms with Crippen molar-refractivity contribution in [3.05, 3.63) is 0 Å². The van der Waals surface area contributed by atoms with Gasteiger partial charge in [-0.25, -0.2) is 0 Å². The minimum Gasteiger partial charge on any atom is -0.396 e. The van der Waals surface area contributed by atoms with Crippen LogP contribution in [0.1, 0.15) is 26.2 Å². The van der Waals surface area contributed by atoms with Crippen molar-refractivity contribution < 1.29 is 9.90 Å². The lowest BCUT2D eigenvalue weighted by Crippen LogP contribution is -2.25. The van der Waals surface area contributed by atoms with Crippen LogP contribution in [0.4, 0.5) is 0 Å². The molecule has 0 aliphatic carbocycles. The first-order chi connectivity index (χ1) is 5.66. The molecule has 0 saturated carbocycles. The Balaban J connectivity index is 3.19. The van der Waals surface area contributed by atoms with Crippen molar-refractivity contribution in [2.75, 3.05) is 26.7 Å². The van der Waals surface area contributed by atoms with Crippen LogP contribution in [0.2, 0.25) is 0 Å². The number of aliphatic hydroxyl groups is 1. The molecular formula is C9H19NO2. The third-order valence-corrected chi connectivity index (χ3v) is 1.69. The van der Waals surface area contributed by atoms with E-state index >= 15 is 0 Å². The minimum absolute atomic E-state index is 0.208. The van der Waals surface area contributed by atoms with Gasteiger partial charge in [-0.2, -0.15) is 0 Å². The number of nitrogens with zero attached hydrogens (tertiary/aromatic N) is 1. The fourth-order valence-corrected chi connectivity index (χ4v) is 1.13. The monoisotopic (exact) mass is 173 g/mol. The zero-order valence-electron chi connectivity index (χ0n) is 8.05. The molecule has 12 heavy (non-hydrogen) atoms. The molecule has 0 fully saturated rings. The maximum absolute atomic E-state index is 10.7. The summed E-state index contributed by atoms with van der Waals surface area (Å²) in [5, 5.41) is 8.51. The fraction of sp³-hybridized carbons (Fsp3) is 0.889. The first-order valence-corrected chi connectivity index (χ1v) is 4.45. The number of unbranched alkanes of at least 4 members (excludes halogenated alkanes) is 2. The zero-order chi connectivity index (χ0) is 9.40. The van der Waals surface area contributed by atoms with Gasteiger partial charge in [0.05, 0.1) is 6.54 Å². The zero-order valence-corrected chi connectivity index (χ0v) is 8.05. The van der Waals surface area contributed by atoms with Gasteiger partial charge >= 0.3 is 0 Å². The van der Waals surface area contributed by atoms with Crippen molar-refractivity contribution in [3.63, 3.8) is 0 Å². The van der Waals surface area contributed by atoms with E-state index in [4.69, 9.17) is 5.11 Å². The van der Waals surface area contributed by atoms with Crippen LogP contribution in [0.15, 0.2) is 0 Å². The Hall–Kier alpha value is -0.410. The third-order valence-electron chi connectivity index (χ3n) is 1.69. The van der Waals surface area contributed by atoms with E-state index in [2.05, 4.69) is 0 Å². The molecule has 0 unspecified atom stereocenters. The van der Waals surface area contributed by atoms with Crippen LogP contribution >= 0.6 is 0 Å². The summed E-state index contributed by atoms with van der Waals surface area (Å²) in [4.78, 5) is 12.7. The van der Waals surface area contributed by atoms with Crippen molar-refractivity contribution >= 4 is 5.78 Å². The third kappa shape index (κ3) is 7.69. The highest BCUT2D eigenvalue weighted by Gasteiger charge is 2.00. The van der Waals surface area contributed by atoms with Crippen LogP contribution < -0.4 is 0 Å². The van der Waals surface area contributed by atoms with E-state index in [0.29, 0.717) is 6.54 Å². The molecule has 0 aliphatic rings. The van der Waals surface area contributed by atoms with Crippen molar-refractivity contribution in [1.29, 1.82) is 0 Å². The van der Waals surface area contributed by atoms with Crippen LogP contribution in [0, 0.1) is 0 Å². The highest BCUT2D eigenvalue weighted by atomic mass is 16.2. The summed E-state index contributed by atoms with van der Waals surface area (Å²) < 4.78 is 0. The van der Waals surface area contributed by atoms with Gasteiger partial charge in [-0.3, -0.25) is 9.69 Å². The molecule has 0 aromatic heterocycles. The number of carbonyl (C=O) groups is 1. The van der Waals surface area contributed by atoms with Gasteiger partial charge in [-0.05, 0) is 39.8 Å². The van der Waals surface area contributed by atoms with Crippen molar-refractivity contribution in [2.45, 2.75) is 26.2 Å². The predicted molar refractivity (Wildman–Crippen MR) is 49.1 cm³/mol. The van der Waals surface area contributed by atoms with Crippen LogP contribution in [0.5, 0.6) is 0 Å². The van der Waals surface area contributed by atoms with Crippen LogP contribution in [0.25, 0.3) is 0 Å². The average Bonchev–Trinajstić information content (AvgIpc) is 1.97. The highest BCUT2D eigenvalue weighted by Crippen LogP contribution is 1.96. The van der Waals surface area contributed by atoms with Gasteiger partial charge < -0.3 is 5.11 Å². The molecule has 0 amide bonds. The largest absolute Gasteiger partial charge is 0.396 e. The van der Waals surface area contributed by atoms with Crippen LogP contribution in [-0.2, 0) is 4.79 Å². The molecule has 3 nitrogen and oxygen atoms in total. The van der Waals surface area contributed by atoms with Gasteiger partial charge in [0.2, 0.25) is 0 Å². The van der Waals surface area contributed by atoms with Crippen molar-refractivity contribution in [2.24, 2.45) is 0 Å². The Labute approximate surface area is 74.4 Å². The standard InChI is InChI=1S/C9H19NO2/c1-9(12)8-10(2)6-4-3-5-7-11/h11H,3-8H2,1-2H3. The summed E-state index contributed by atoms with van der Waals surface area (Å²) in [5.41, 5.74) is 0. The molecule has 0 aliphatic heterocycles. The Morgan fingerprint density at radius 2 is 2.00 bits per heavy atom. The van der Waals surface area contributed by atoms with E-state index in [-0.39, 0.29) is 12.4 Å². The molecule has 0 radical (unpaired) electrons. The van der Waals surface area contributed by atoms with E-state index in [0.717, 1.165) is 25.8 Å². The lowest BCUT2D eigenvalue weighted by molar-refractivity contribution is -0.117. The van der Waals surface area contributed by atoms with Gasteiger partial charge in [0.25, 0.3) is 0 Å². The second-order valence-electron chi connectivity index (χ2n) is 3.22. The van der Waals surface area contributed by atoms with Gasteiger partial charge in [-0.1, -0.05) is 0 Å². The van der Waals surface area contributed by atoms with Crippen LogP contribution in [0.3, 0.4) is 0 Å². The Morgan fingerprint density at radius 3 is 2.50 bits per heavy atom. The molecule has 0 aromatic rings. The smallest absolute Gasteiger partial charge is 0.143 e.